The molecule has 1 atom stereocenters. The predicted octanol–water partition coefficient (Wildman–Crippen LogP) is 2.99. The lowest BCUT2D eigenvalue weighted by atomic mass is 10.0. The van der Waals surface area contributed by atoms with Crippen LogP contribution < -0.4 is 5.32 Å². The van der Waals surface area contributed by atoms with Crippen molar-refractivity contribution in [2.24, 2.45) is 7.05 Å². The minimum Gasteiger partial charge on any atom is -0.338 e. The van der Waals surface area contributed by atoms with Gasteiger partial charge in [0.25, 0.3) is 0 Å². The van der Waals surface area contributed by atoms with Crippen LogP contribution in [0.2, 0.25) is 0 Å². The number of nitrogens with zero attached hydrogens (tertiary/aromatic N) is 6. The maximum Gasteiger partial charge on any atom is 0.246 e. The summed E-state index contributed by atoms with van der Waals surface area (Å²) < 4.78 is 1.73. The van der Waals surface area contributed by atoms with Gasteiger partial charge in [-0.15, -0.1) is 0 Å². The van der Waals surface area contributed by atoms with Crippen LogP contribution in [-0.4, -0.2) is 48.6 Å². The van der Waals surface area contributed by atoms with Crippen LogP contribution in [0.5, 0.6) is 0 Å². The number of aryl methyl sites for hydroxylation is 3. The van der Waals surface area contributed by atoms with Crippen molar-refractivity contribution in [3.63, 3.8) is 0 Å². The summed E-state index contributed by atoms with van der Waals surface area (Å²) in [6.07, 6.45) is 7.76. The van der Waals surface area contributed by atoms with Gasteiger partial charge in [0.15, 0.2) is 0 Å². The van der Waals surface area contributed by atoms with Gasteiger partial charge in [0.05, 0.1) is 11.4 Å². The molecule has 154 valence electrons. The standard InChI is InChI=1S/C22H25N7O/c1-15-5-4-10-23-22(15)27-20-13-19(25-16(2)26-20)17-9-12-29(14-17)21(30)7-6-18-8-11-24-28(18)3/h4-8,10-11,13,17H,9,12,14H2,1-3H3,(H,23,25,26,27)/b7-6+. The second-order valence-electron chi connectivity index (χ2n) is 7.50. The van der Waals surface area contributed by atoms with Crippen LogP contribution in [0, 0.1) is 13.8 Å². The third-order valence-electron chi connectivity index (χ3n) is 5.29. The first kappa shape index (κ1) is 19.8. The fraction of sp³-hybridized carbons (Fsp3) is 0.318. The lowest BCUT2D eigenvalue weighted by molar-refractivity contribution is -0.124. The van der Waals surface area contributed by atoms with E-state index in [0.717, 1.165) is 35.0 Å². The molecule has 1 unspecified atom stereocenters. The van der Waals surface area contributed by atoms with Gasteiger partial charge in [0, 0.05) is 50.6 Å². The Morgan fingerprint density at radius 3 is 2.87 bits per heavy atom. The fourth-order valence-corrected chi connectivity index (χ4v) is 3.61. The van der Waals surface area contributed by atoms with Crippen LogP contribution in [0.15, 0.2) is 42.7 Å². The quantitative estimate of drug-likeness (QED) is 0.659. The molecular weight excluding hydrogens is 378 g/mol. The zero-order valence-corrected chi connectivity index (χ0v) is 17.4. The van der Waals surface area contributed by atoms with Gasteiger partial charge in [-0.05, 0) is 44.0 Å². The van der Waals surface area contributed by atoms with E-state index in [4.69, 9.17) is 0 Å². The number of aromatic nitrogens is 5. The zero-order valence-electron chi connectivity index (χ0n) is 17.4. The second kappa shape index (κ2) is 8.44. The molecule has 30 heavy (non-hydrogen) atoms. The summed E-state index contributed by atoms with van der Waals surface area (Å²) in [6.45, 7) is 5.25. The summed E-state index contributed by atoms with van der Waals surface area (Å²) in [6, 6.07) is 7.75. The molecule has 0 bridgehead atoms. The molecule has 8 heteroatoms. The lowest BCUT2D eigenvalue weighted by Crippen LogP contribution is -2.26. The van der Waals surface area contributed by atoms with Gasteiger partial charge >= 0.3 is 0 Å². The number of nitrogens with one attached hydrogen (secondary N) is 1. The average Bonchev–Trinajstić information content (AvgIpc) is 3.37. The molecule has 1 N–H and O–H groups in total. The Morgan fingerprint density at radius 2 is 2.10 bits per heavy atom. The predicted molar refractivity (Wildman–Crippen MR) is 115 cm³/mol. The summed E-state index contributed by atoms with van der Waals surface area (Å²) in [5, 5.41) is 7.40. The average molecular weight is 403 g/mol. The number of likely N-dealkylation sites (tertiary alicyclic amines) is 1. The van der Waals surface area contributed by atoms with Gasteiger partial charge in [0.2, 0.25) is 5.91 Å². The second-order valence-corrected chi connectivity index (χ2v) is 7.50. The molecule has 1 fully saturated rings. The highest BCUT2D eigenvalue weighted by molar-refractivity contribution is 5.91. The molecule has 1 amide bonds. The van der Waals surface area contributed by atoms with Gasteiger partial charge in [-0.1, -0.05) is 6.07 Å². The summed E-state index contributed by atoms with van der Waals surface area (Å²) in [5.41, 5.74) is 2.89. The molecule has 0 aliphatic carbocycles. The molecule has 4 rings (SSSR count). The smallest absolute Gasteiger partial charge is 0.246 e. The molecule has 4 heterocycles. The lowest BCUT2D eigenvalue weighted by Gasteiger charge is -2.15. The summed E-state index contributed by atoms with van der Waals surface area (Å²) in [5.74, 6) is 2.40. The first-order valence-electron chi connectivity index (χ1n) is 9.99. The summed E-state index contributed by atoms with van der Waals surface area (Å²) in [7, 11) is 1.85. The van der Waals surface area contributed by atoms with Gasteiger partial charge in [-0.25, -0.2) is 15.0 Å². The van der Waals surface area contributed by atoms with Gasteiger partial charge in [-0.3, -0.25) is 9.48 Å². The minimum absolute atomic E-state index is 0.00642. The van der Waals surface area contributed by atoms with Crippen molar-refractivity contribution < 1.29 is 4.79 Å². The van der Waals surface area contributed by atoms with E-state index in [1.165, 1.54) is 0 Å². The van der Waals surface area contributed by atoms with Crippen molar-refractivity contribution in [3.05, 3.63) is 65.5 Å². The molecule has 3 aromatic rings. The number of rotatable bonds is 5. The number of carbonyl (C=O) groups excluding carboxylic acids is 1. The molecule has 0 spiro atoms. The largest absolute Gasteiger partial charge is 0.338 e. The zero-order chi connectivity index (χ0) is 21.1. The van der Waals surface area contributed by atoms with E-state index < -0.39 is 0 Å². The van der Waals surface area contributed by atoms with Crippen molar-refractivity contribution in [1.29, 1.82) is 0 Å². The van der Waals surface area contributed by atoms with Crippen LogP contribution in [0.3, 0.4) is 0 Å². The first-order valence-corrected chi connectivity index (χ1v) is 9.99. The maximum absolute atomic E-state index is 12.6. The van der Waals surface area contributed by atoms with Crippen LogP contribution in [0.1, 0.15) is 35.1 Å². The number of amides is 1. The monoisotopic (exact) mass is 403 g/mol. The minimum atomic E-state index is 0.00642. The van der Waals surface area contributed by atoms with Crippen LogP contribution in [0.25, 0.3) is 6.08 Å². The number of hydrogen-bond acceptors (Lipinski definition) is 6. The van der Waals surface area contributed by atoms with E-state index >= 15 is 0 Å². The number of carbonyl (C=O) groups is 1. The Kier molecular flexibility index (Phi) is 5.56. The maximum atomic E-state index is 12.6. The third-order valence-corrected chi connectivity index (χ3v) is 5.29. The van der Waals surface area contributed by atoms with E-state index in [2.05, 4.69) is 25.4 Å². The molecule has 8 nitrogen and oxygen atoms in total. The van der Waals surface area contributed by atoms with E-state index in [1.54, 1.807) is 29.2 Å². The van der Waals surface area contributed by atoms with E-state index in [-0.39, 0.29) is 11.8 Å². The summed E-state index contributed by atoms with van der Waals surface area (Å²) in [4.78, 5) is 28.0. The molecule has 1 saturated heterocycles. The number of hydrogen-bond donors (Lipinski definition) is 1. The topological polar surface area (TPSA) is 88.8 Å². The Morgan fingerprint density at radius 1 is 1.23 bits per heavy atom. The molecule has 0 saturated carbocycles. The molecular formula is C22H25N7O. The first-order chi connectivity index (χ1) is 14.5. The fourth-order valence-electron chi connectivity index (χ4n) is 3.61. The molecule has 0 aromatic carbocycles. The molecule has 0 radical (unpaired) electrons. The van der Waals surface area contributed by atoms with Crippen molar-refractivity contribution in [3.8, 4) is 0 Å². The Labute approximate surface area is 175 Å². The van der Waals surface area contributed by atoms with Crippen LogP contribution >= 0.6 is 0 Å². The van der Waals surface area contributed by atoms with Gasteiger partial charge < -0.3 is 10.2 Å². The number of anilines is 2. The van der Waals surface area contributed by atoms with Gasteiger partial charge in [0.1, 0.15) is 17.5 Å². The van der Waals surface area contributed by atoms with Crippen molar-refractivity contribution in [1.82, 2.24) is 29.6 Å². The SMILES string of the molecule is Cc1nc(Nc2ncccc2C)cc(C2CCN(C(=O)/C=C/c3ccnn3C)C2)n1. The Balaban J connectivity index is 1.45. The number of pyridine rings is 1. The Bertz CT molecular complexity index is 1090. The normalized spacial score (nSPS) is 16.4. The van der Waals surface area contributed by atoms with Gasteiger partial charge in [-0.2, -0.15) is 5.10 Å². The van der Waals surface area contributed by atoms with Crippen LogP contribution in [0.4, 0.5) is 11.6 Å². The highest BCUT2D eigenvalue weighted by Gasteiger charge is 2.28. The molecule has 1 aliphatic heterocycles. The van der Waals surface area contributed by atoms with Crippen molar-refractivity contribution in [2.75, 3.05) is 18.4 Å². The van der Waals surface area contributed by atoms with Crippen molar-refractivity contribution >= 4 is 23.6 Å². The summed E-state index contributed by atoms with van der Waals surface area (Å²) >= 11 is 0. The molecule has 3 aromatic heterocycles. The highest BCUT2D eigenvalue weighted by atomic mass is 16.2. The third kappa shape index (κ3) is 4.37. The van der Waals surface area contributed by atoms with E-state index in [0.29, 0.717) is 18.9 Å². The van der Waals surface area contributed by atoms with E-state index in [1.807, 2.05) is 50.1 Å². The van der Waals surface area contributed by atoms with E-state index in [9.17, 15) is 4.79 Å². The highest BCUT2D eigenvalue weighted by Crippen LogP contribution is 2.28. The molecule has 1 aliphatic rings. The van der Waals surface area contributed by atoms with Crippen LogP contribution in [-0.2, 0) is 11.8 Å². The van der Waals surface area contributed by atoms with Crippen molar-refractivity contribution in [2.45, 2.75) is 26.2 Å². The Hall–Kier alpha value is -3.55.